The van der Waals surface area contributed by atoms with E-state index in [2.05, 4.69) is 0 Å². The zero-order valence-corrected chi connectivity index (χ0v) is 21.4. The van der Waals surface area contributed by atoms with Crippen LogP contribution in [0.2, 0.25) is 0 Å². The molecule has 36 heavy (non-hydrogen) atoms. The number of hydrogen-bond acceptors (Lipinski definition) is 6. The summed E-state index contributed by atoms with van der Waals surface area (Å²) in [5.41, 5.74) is 1.43. The molecule has 2 aromatic carbocycles. The number of rotatable bonds is 6. The van der Waals surface area contributed by atoms with Gasteiger partial charge in [0.25, 0.3) is 11.7 Å². The average molecular weight is 490 g/mol. The minimum absolute atomic E-state index is 0.00400. The van der Waals surface area contributed by atoms with Crippen LogP contribution in [0.5, 0.6) is 11.5 Å². The second-order valence-electron chi connectivity index (χ2n) is 10.0. The molecule has 188 valence electrons. The van der Waals surface area contributed by atoms with E-state index >= 15 is 0 Å². The van der Waals surface area contributed by atoms with Gasteiger partial charge in [-0.25, -0.2) is 0 Å². The van der Waals surface area contributed by atoms with Gasteiger partial charge < -0.3 is 19.0 Å². The number of nitrogens with zero attached hydrogens (tertiary/aromatic N) is 1. The third-order valence-electron chi connectivity index (χ3n) is 6.02. The van der Waals surface area contributed by atoms with Crippen LogP contribution in [0.15, 0.2) is 70.9 Å². The number of Topliss-reactive ketones (excluding diaryl/α,β-unsaturated/α-hetero) is 1. The number of hydrogen-bond donors (Lipinski definition) is 1. The number of aliphatic hydroxyl groups excluding tert-OH is 1. The van der Waals surface area contributed by atoms with E-state index in [4.69, 9.17) is 13.9 Å². The Kier molecular flexibility index (Phi) is 6.67. The number of anilines is 1. The molecule has 1 amide bonds. The van der Waals surface area contributed by atoms with Crippen LogP contribution in [0.3, 0.4) is 0 Å². The zero-order valence-electron chi connectivity index (χ0n) is 21.4. The minimum Gasteiger partial charge on any atom is -0.507 e. The van der Waals surface area contributed by atoms with Gasteiger partial charge in [0.15, 0.2) is 0 Å². The molecule has 1 aliphatic heterocycles. The second kappa shape index (κ2) is 9.57. The summed E-state index contributed by atoms with van der Waals surface area (Å²) in [6.45, 7) is 9.94. The van der Waals surface area contributed by atoms with Crippen LogP contribution >= 0.6 is 0 Å². The van der Waals surface area contributed by atoms with Crippen molar-refractivity contribution in [2.45, 2.75) is 52.2 Å². The molecule has 1 atom stereocenters. The molecule has 7 heteroatoms. The van der Waals surface area contributed by atoms with Gasteiger partial charge in [0, 0.05) is 16.8 Å². The van der Waals surface area contributed by atoms with Crippen molar-refractivity contribution in [1.82, 2.24) is 0 Å². The highest BCUT2D eigenvalue weighted by molar-refractivity contribution is 6.51. The lowest BCUT2D eigenvalue weighted by molar-refractivity contribution is -0.132. The Morgan fingerprint density at radius 3 is 2.31 bits per heavy atom. The zero-order chi connectivity index (χ0) is 26.2. The Morgan fingerprint density at radius 2 is 1.75 bits per heavy atom. The van der Waals surface area contributed by atoms with E-state index in [0.717, 1.165) is 5.56 Å². The van der Waals surface area contributed by atoms with E-state index in [1.165, 1.54) is 11.2 Å². The topological polar surface area (TPSA) is 89.2 Å². The van der Waals surface area contributed by atoms with Crippen LogP contribution in [0.4, 0.5) is 5.69 Å². The van der Waals surface area contributed by atoms with Crippen molar-refractivity contribution in [3.05, 3.63) is 83.3 Å². The highest BCUT2D eigenvalue weighted by Crippen LogP contribution is 2.43. The summed E-state index contributed by atoms with van der Waals surface area (Å²) in [6.07, 6.45) is 1.47. The molecule has 0 spiro atoms. The molecule has 0 radical (unpaired) electrons. The Hall–Kier alpha value is -4.00. The van der Waals surface area contributed by atoms with Crippen molar-refractivity contribution in [3.8, 4) is 11.5 Å². The molecule has 4 rings (SSSR count). The first-order valence-electron chi connectivity index (χ1n) is 11.8. The third-order valence-corrected chi connectivity index (χ3v) is 6.02. The molecule has 1 unspecified atom stereocenters. The largest absolute Gasteiger partial charge is 0.507 e. The summed E-state index contributed by atoms with van der Waals surface area (Å²) in [7, 11) is 1.59. The van der Waals surface area contributed by atoms with E-state index < -0.39 is 17.7 Å². The molecular formula is C29H31NO6. The molecule has 1 aromatic heterocycles. The fourth-order valence-corrected chi connectivity index (χ4v) is 4.37. The van der Waals surface area contributed by atoms with E-state index in [0.29, 0.717) is 28.5 Å². The first-order valence-corrected chi connectivity index (χ1v) is 11.8. The highest BCUT2D eigenvalue weighted by atomic mass is 16.5. The van der Waals surface area contributed by atoms with E-state index in [1.807, 2.05) is 34.6 Å². The van der Waals surface area contributed by atoms with E-state index in [1.54, 1.807) is 61.7 Å². The molecule has 1 N–H and O–H groups in total. The number of furan rings is 1. The lowest BCUT2D eigenvalue weighted by atomic mass is 9.84. The summed E-state index contributed by atoms with van der Waals surface area (Å²) in [4.78, 5) is 28.0. The number of carbonyl (C=O) groups is 2. The van der Waals surface area contributed by atoms with Crippen molar-refractivity contribution in [1.29, 1.82) is 0 Å². The SMILES string of the molecule is COc1ccc(/C(O)=C2/C(=O)C(=O)N(c3ccc(OC(C)C)cc3)C2c2ccco2)cc1C(C)(C)C. The number of ketones is 1. The van der Waals surface area contributed by atoms with Gasteiger partial charge in [-0.15, -0.1) is 0 Å². The monoisotopic (exact) mass is 489 g/mol. The number of aliphatic hydroxyl groups is 1. The fraction of sp³-hybridized carbons (Fsp3) is 0.310. The van der Waals surface area contributed by atoms with Crippen molar-refractivity contribution < 1.29 is 28.6 Å². The van der Waals surface area contributed by atoms with Gasteiger partial charge in [-0.3, -0.25) is 14.5 Å². The maximum atomic E-state index is 13.3. The number of methoxy groups -OCH3 is 1. The molecule has 1 fully saturated rings. The lowest BCUT2D eigenvalue weighted by Gasteiger charge is -2.24. The van der Waals surface area contributed by atoms with E-state index in [-0.39, 0.29) is 22.9 Å². The van der Waals surface area contributed by atoms with Crippen molar-refractivity contribution in [2.75, 3.05) is 12.0 Å². The number of ether oxygens (including phenoxy) is 2. The van der Waals surface area contributed by atoms with Crippen LogP contribution in [-0.2, 0) is 15.0 Å². The quantitative estimate of drug-likeness (QED) is 0.260. The molecule has 0 saturated carbocycles. The van der Waals surface area contributed by atoms with Crippen molar-refractivity contribution in [2.24, 2.45) is 0 Å². The fourth-order valence-electron chi connectivity index (χ4n) is 4.37. The summed E-state index contributed by atoms with van der Waals surface area (Å²) < 4.78 is 16.8. The summed E-state index contributed by atoms with van der Waals surface area (Å²) in [5, 5.41) is 11.4. The van der Waals surface area contributed by atoms with Crippen molar-refractivity contribution in [3.63, 3.8) is 0 Å². The van der Waals surface area contributed by atoms with Crippen LogP contribution in [-0.4, -0.2) is 30.0 Å². The molecule has 0 bridgehead atoms. The lowest BCUT2D eigenvalue weighted by Crippen LogP contribution is -2.29. The molecule has 1 aliphatic rings. The van der Waals surface area contributed by atoms with Gasteiger partial charge in [0.1, 0.15) is 29.1 Å². The number of amides is 1. The Labute approximate surface area is 210 Å². The Balaban J connectivity index is 1.86. The molecule has 1 saturated heterocycles. The standard InChI is InChI=1S/C29H31NO6/c1-17(2)36-20-12-10-19(11-13-20)30-25(23-8-7-15-35-23)24(27(32)28(30)33)26(31)18-9-14-22(34-6)21(16-18)29(3,4)5/h7-17,25,31H,1-6H3/b26-24-. The summed E-state index contributed by atoms with van der Waals surface area (Å²) in [6, 6.07) is 14.6. The second-order valence-corrected chi connectivity index (χ2v) is 10.0. The molecule has 0 aliphatic carbocycles. The van der Waals surface area contributed by atoms with Crippen LogP contribution in [0.1, 0.15) is 57.5 Å². The molecule has 7 nitrogen and oxygen atoms in total. The number of benzene rings is 2. The predicted octanol–water partition coefficient (Wildman–Crippen LogP) is 6.00. The highest BCUT2D eigenvalue weighted by Gasteiger charge is 2.48. The minimum atomic E-state index is -0.933. The summed E-state index contributed by atoms with van der Waals surface area (Å²) in [5.74, 6) is -0.129. The summed E-state index contributed by atoms with van der Waals surface area (Å²) >= 11 is 0. The van der Waals surface area contributed by atoms with Gasteiger partial charge in [-0.1, -0.05) is 20.8 Å². The van der Waals surface area contributed by atoms with Crippen LogP contribution in [0, 0.1) is 0 Å². The molecule has 2 heterocycles. The number of carbonyl (C=O) groups excluding carboxylic acids is 2. The van der Waals surface area contributed by atoms with Crippen LogP contribution in [0.25, 0.3) is 5.76 Å². The van der Waals surface area contributed by atoms with Crippen LogP contribution < -0.4 is 14.4 Å². The van der Waals surface area contributed by atoms with Gasteiger partial charge in [0.2, 0.25) is 0 Å². The first-order chi connectivity index (χ1) is 17.0. The van der Waals surface area contributed by atoms with E-state index in [9.17, 15) is 14.7 Å². The van der Waals surface area contributed by atoms with Gasteiger partial charge >= 0.3 is 0 Å². The Morgan fingerprint density at radius 1 is 1.06 bits per heavy atom. The molecule has 3 aromatic rings. The van der Waals surface area contributed by atoms with Gasteiger partial charge in [0.05, 0.1) is 25.1 Å². The first kappa shape index (κ1) is 25.1. The third kappa shape index (κ3) is 4.61. The van der Waals surface area contributed by atoms with Crippen molar-refractivity contribution >= 4 is 23.1 Å². The normalized spacial score (nSPS) is 17.6. The maximum absolute atomic E-state index is 13.3. The molecular weight excluding hydrogens is 458 g/mol. The van der Waals surface area contributed by atoms with Gasteiger partial charge in [-0.2, -0.15) is 0 Å². The Bertz CT molecular complexity index is 1300. The van der Waals surface area contributed by atoms with Gasteiger partial charge in [-0.05, 0) is 73.9 Å². The maximum Gasteiger partial charge on any atom is 0.300 e. The predicted molar refractivity (Wildman–Crippen MR) is 137 cm³/mol. The smallest absolute Gasteiger partial charge is 0.300 e. The average Bonchev–Trinajstić information content (AvgIpc) is 3.45.